The predicted octanol–water partition coefficient (Wildman–Crippen LogP) is 0.964. The molecule has 11 heavy (non-hydrogen) atoms. The van der Waals surface area contributed by atoms with E-state index in [1.54, 1.807) is 0 Å². The van der Waals surface area contributed by atoms with Crippen molar-refractivity contribution in [2.45, 2.75) is 19.9 Å². The maximum atomic E-state index is 11.0. The molecule has 1 aromatic heterocycles. The number of rotatable bonds is 2. The van der Waals surface area contributed by atoms with Crippen molar-refractivity contribution in [1.29, 1.82) is 0 Å². The highest BCUT2D eigenvalue weighted by molar-refractivity contribution is 5.14. The van der Waals surface area contributed by atoms with E-state index in [1.807, 2.05) is 6.92 Å². The molecule has 0 amide bonds. The lowest BCUT2D eigenvalue weighted by Gasteiger charge is -2.01. The van der Waals surface area contributed by atoms with Gasteiger partial charge in [0.05, 0.1) is 0 Å². The average molecular weight is 153 g/mol. The smallest absolute Gasteiger partial charge is 0.250 e. The van der Waals surface area contributed by atoms with Gasteiger partial charge in [0.2, 0.25) is 0 Å². The molecule has 3 nitrogen and oxygen atoms in total. The zero-order valence-corrected chi connectivity index (χ0v) is 6.45. The summed E-state index contributed by atoms with van der Waals surface area (Å²) in [6, 6.07) is 2.76. The number of aryl methyl sites for hydroxylation is 1. The Morgan fingerprint density at radius 2 is 2.27 bits per heavy atom. The van der Waals surface area contributed by atoms with Crippen LogP contribution in [-0.2, 0) is 6.54 Å². The Morgan fingerprint density at radius 1 is 1.55 bits per heavy atom. The lowest BCUT2D eigenvalue weighted by molar-refractivity contribution is 0.463. The van der Waals surface area contributed by atoms with E-state index >= 15 is 0 Å². The summed E-state index contributed by atoms with van der Waals surface area (Å²) >= 11 is 0. The molecule has 0 aliphatic rings. The molecule has 1 heterocycles. The second-order valence-corrected chi connectivity index (χ2v) is 2.42. The molecule has 3 heteroatoms. The molecule has 60 valence electrons. The van der Waals surface area contributed by atoms with E-state index in [9.17, 15) is 4.79 Å². The van der Waals surface area contributed by atoms with Gasteiger partial charge in [-0.1, -0.05) is 6.92 Å². The first-order valence-electron chi connectivity index (χ1n) is 3.63. The van der Waals surface area contributed by atoms with E-state index < -0.39 is 0 Å². The molecule has 0 atom stereocenters. The molecule has 1 N–H and O–H groups in total. The molecule has 0 saturated carbocycles. The fourth-order valence-corrected chi connectivity index (χ4v) is 0.934. The molecular weight excluding hydrogens is 142 g/mol. The van der Waals surface area contributed by atoms with Gasteiger partial charge in [0.15, 0.2) is 0 Å². The Hall–Kier alpha value is -1.25. The summed E-state index contributed by atoms with van der Waals surface area (Å²) < 4.78 is 1.50. The van der Waals surface area contributed by atoms with Gasteiger partial charge in [-0.05, 0) is 12.5 Å². The molecular formula is C8H11NO2. The quantitative estimate of drug-likeness (QED) is 0.687. The maximum absolute atomic E-state index is 11.0. The second-order valence-electron chi connectivity index (χ2n) is 2.42. The molecule has 0 aromatic carbocycles. The summed E-state index contributed by atoms with van der Waals surface area (Å²) in [6.45, 7) is 2.64. The van der Waals surface area contributed by atoms with Crippen molar-refractivity contribution >= 4 is 0 Å². The SMILES string of the molecule is CCCn1cc(O)ccc1=O. The average Bonchev–Trinajstić information content (AvgIpc) is 1.98. The molecule has 0 radical (unpaired) electrons. The molecule has 1 aromatic rings. The molecule has 0 bridgehead atoms. The molecule has 0 spiro atoms. The van der Waals surface area contributed by atoms with Gasteiger partial charge in [-0.15, -0.1) is 0 Å². The summed E-state index contributed by atoms with van der Waals surface area (Å²) in [5.41, 5.74) is -0.0651. The summed E-state index contributed by atoms with van der Waals surface area (Å²) in [4.78, 5) is 11.0. The number of hydrogen-bond acceptors (Lipinski definition) is 2. The van der Waals surface area contributed by atoms with Crippen LogP contribution in [-0.4, -0.2) is 9.67 Å². The molecule has 0 unspecified atom stereocenters. The van der Waals surface area contributed by atoms with Crippen molar-refractivity contribution in [3.05, 3.63) is 28.7 Å². The van der Waals surface area contributed by atoms with E-state index in [4.69, 9.17) is 5.11 Å². The minimum absolute atomic E-state index is 0.0651. The van der Waals surface area contributed by atoms with Gasteiger partial charge >= 0.3 is 0 Å². The van der Waals surface area contributed by atoms with Crippen LogP contribution >= 0.6 is 0 Å². The van der Waals surface area contributed by atoms with Crippen LogP contribution in [0.25, 0.3) is 0 Å². The second kappa shape index (κ2) is 3.23. The summed E-state index contributed by atoms with van der Waals surface area (Å²) in [7, 11) is 0. The fourth-order valence-electron chi connectivity index (χ4n) is 0.934. The zero-order chi connectivity index (χ0) is 8.27. The summed E-state index contributed by atoms with van der Waals surface area (Å²) in [5.74, 6) is 0.137. The van der Waals surface area contributed by atoms with Crippen LogP contribution in [0.1, 0.15) is 13.3 Å². The molecule has 0 aliphatic carbocycles. The van der Waals surface area contributed by atoms with Crippen LogP contribution in [0.15, 0.2) is 23.1 Å². The minimum Gasteiger partial charge on any atom is -0.506 e. The van der Waals surface area contributed by atoms with Crippen LogP contribution in [0.4, 0.5) is 0 Å². The van der Waals surface area contributed by atoms with Crippen LogP contribution in [0, 0.1) is 0 Å². The monoisotopic (exact) mass is 153 g/mol. The van der Waals surface area contributed by atoms with Gasteiger partial charge in [0.25, 0.3) is 5.56 Å². The highest BCUT2D eigenvalue weighted by atomic mass is 16.3. The topological polar surface area (TPSA) is 42.2 Å². The number of aromatic hydroxyl groups is 1. The Labute approximate surface area is 64.9 Å². The third-order valence-electron chi connectivity index (χ3n) is 1.43. The fraction of sp³-hybridized carbons (Fsp3) is 0.375. The van der Waals surface area contributed by atoms with Crippen LogP contribution < -0.4 is 5.56 Å². The summed E-state index contributed by atoms with van der Waals surface area (Å²) in [6.07, 6.45) is 2.34. The van der Waals surface area contributed by atoms with Crippen molar-refractivity contribution in [2.75, 3.05) is 0 Å². The Morgan fingerprint density at radius 3 is 2.91 bits per heavy atom. The minimum atomic E-state index is -0.0651. The first kappa shape index (κ1) is 7.85. The van der Waals surface area contributed by atoms with E-state index in [2.05, 4.69) is 0 Å². The molecule has 0 fully saturated rings. The van der Waals surface area contributed by atoms with Gasteiger partial charge < -0.3 is 9.67 Å². The number of pyridine rings is 1. The van der Waals surface area contributed by atoms with Crippen molar-refractivity contribution in [3.8, 4) is 5.75 Å². The largest absolute Gasteiger partial charge is 0.506 e. The zero-order valence-electron chi connectivity index (χ0n) is 6.45. The third-order valence-corrected chi connectivity index (χ3v) is 1.43. The van der Waals surface area contributed by atoms with Crippen molar-refractivity contribution in [3.63, 3.8) is 0 Å². The van der Waals surface area contributed by atoms with E-state index in [1.165, 1.54) is 22.9 Å². The first-order valence-corrected chi connectivity index (χ1v) is 3.63. The van der Waals surface area contributed by atoms with Crippen molar-refractivity contribution < 1.29 is 5.11 Å². The van der Waals surface area contributed by atoms with Gasteiger partial charge in [0.1, 0.15) is 5.75 Å². The van der Waals surface area contributed by atoms with Gasteiger partial charge in [-0.25, -0.2) is 0 Å². The lowest BCUT2D eigenvalue weighted by Crippen LogP contribution is -2.17. The third kappa shape index (κ3) is 1.83. The summed E-state index contributed by atoms with van der Waals surface area (Å²) in [5, 5.41) is 9.00. The van der Waals surface area contributed by atoms with Gasteiger partial charge in [0, 0.05) is 18.8 Å². The van der Waals surface area contributed by atoms with Gasteiger partial charge in [-0.2, -0.15) is 0 Å². The first-order chi connectivity index (χ1) is 5.24. The van der Waals surface area contributed by atoms with Gasteiger partial charge in [-0.3, -0.25) is 4.79 Å². The molecule has 1 rings (SSSR count). The number of hydrogen-bond donors (Lipinski definition) is 1. The van der Waals surface area contributed by atoms with E-state index in [0.717, 1.165) is 6.42 Å². The molecule has 0 aliphatic heterocycles. The van der Waals surface area contributed by atoms with Crippen LogP contribution in [0.2, 0.25) is 0 Å². The van der Waals surface area contributed by atoms with Crippen LogP contribution in [0.3, 0.4) is 0 Å². The number of aromatic nitrogens is 1. The highest BCUT2D eigenvalue weighted by Gasteiger charge is 1.94. The maximum Gasteiger partial charge on any atom is 0.250 e. The number of nitrogens with zero attached hydrogens (tertiary/aromatic N) is 1. The van der Waals surface area contributed by atoms with Crippen molar-refractivity contribution in [1.82, 2.24) is 4.57 Å². The normalized spacial score (nSPS) is 9.91. The Kier molecular flexibility index (Phi) is 2.31. The highest BCUT2D eigenvalue weighted by Crippen LogP contribution is 2.02. The van der Waals surface area contributed by atoms with Crippen LogP contribution in [0.5, 0.6) is 5.75 Å². The molecule has 0 saturated heterocycles. The van der Waals surface area contributed by atoms with E-state index in [-0.39, 0.29) is 11.3 Å². The van der Waals surface area contributed by atoms with Crippen molar-refractivity contribution in [2.24, 2.45) is 0 Å². The Balaban J connectivity index is 3.03. The lowest BCUT2D eigenvalue weighted by atomic mass is 10.4. The standard InChI is InChI=1S/C8H11NO2/c1-2-5-9-6-7(10)3-4-8(9)11/h3-4,6,10H,2,5H2,1H3. The Bertz CT molecular complexity index is 290. The predicted molar refractivity (Wildman–Crippen MR) is 42.7 cm³/mol. The van der Waals surface area contributed by atoms with E-state index in [0.29, 0.717) is 6.54 Å².